The van der Waals surface area contributed by atoms with Crippen molar-refractivity contribution in [1.82, 2.24) is 5.32 Å². The number of hydrogen-bond donors (Lipinski definition) is 1. The molecule has 0 aromatic carbocycles. The minimum absolute atomic E-state index is 0.408. The van der Waals surface area contributed by atoms with Crippen molar-refractivity contribution in [2.75, 3.05) is 13.1 Å². The molecule has 1 rings (SSSR count). The molecule has 0 bridgehead atoms. The number of ether oxygens (including phenoxy) is 1. The molecule has 1 N–H and O–H groups in total. The van der Waals surface area contributed by atoms with E-state index in [-0.39, 0.29) is 0 Å². The van der Waals surface area contributed by atoms with Crippen LogP contribution in [0, 0.1) is 11.8 Å². The summed E-state index contributed by atoms with van der Waals surface area (Å²) in [5, 5.41) is 3.38. The molecule has 1 aliphatic carbocycles. The molecular weight excluding hydrogens is 198 g/mol. The van der Waals surface area contributed by atoms with Crippen LogP contribution in [-0.2, 0) is 4.74 Å². The summed E-state index contributed by atoms with van der Waals surface area (Å²) in [5.41, 5.74) is 0. The van der Waals surface area contributed by atoms with E-state index in [0.29, 0.717) is 12.2 Å². The zero-order valence-electron chi connectivity index (χ0n) is 11.5. The Balaban J connectivity index is 2.29. The van der Waals surface area contributed by atoms with Crippen molar-refractivity contribution in [3.63, 3.8) is 0 Å². The summed E-state index contributed by atoms with van der Waals surface area (Å²) in [4.78, 5) is 0. The standard InChI is InChI=1S/C14H29NO/c1-5-13(10-15-6-2)16-14-8-7-11(3)12(4)9-14/h11-15H,5-10H2,1-4H3. The summed E-state index contributed by atoms with van der Waals surface area (Å²) < 4.78 is 6.20. The molecule has 0 heterocycles. The largest absolute Gasteiger partial charge is 0.374 e. The third kappa shape index (κ3) is 4.42. The van der Waals surface area contributed by atoms with Gasteiger partial charge >= 0.3 is 0 Å². The number of nitrogens with one attached hydrogen (secondary N) is 1. The van der Waals surface area contributed by atoms with Gasteiger partial charge in [-0.3, -0.25) is 0 Å². The fourth-order valence-corrected chi connectivity index (χ4v) is 2.49. The first-order valence-electron chi connectivity index (χ1n) is 7.03. The number of rotatable bonds is 6. The van der Waals surface area contributed by atoms with E-state index in [2.05, 4.69) is 33.0 Å². The van der Waals surface area contributed by atoms with Crippen molar-refractivity contribution >= 4 is 0 Å². The van der Waals surface area contributed by atoms with Gasteiger partial charge in [-0.1, -0.05) is 27.7 Å². The van der Waals surface area contributed by atoms with Crippen molar-refractivity contribution in [1.29, 1.82) is 0 Å². The third-order valence-corrected chi connectivity index (χ3v) is 4.01. The molecule has 0 aliphatic heterocycles. The molecule has 4 unspecified atom stereocenters. The van der Waals surface area contributed by atoms with Crippen LogP contribution in [0.15, 0.2) is 0 Å². The van der Waals surface area contributed by atoms with E-state index in [1.807, 2.05) is 0 Å². The Hall–Kier alpha value is -0.0800. The van der Waals surface area contributed by atoms with E-state index < -0.39 is 0 Å². The van der Waals surface area contributed by atoms with Crippen molar-refractivity contribution < 1.29 is 4.74 Å². The Morgan fingerprint density at radius 3 is 2.50 bits per heavy atom. The molecule has 2 heteroatoms. The Bertz CT molecular complexity index is 184. The van der Waals surface area contributed by atoms with Crippen LogP contribution in [0.4, 0.5) is 0 Å². The lowest BCUT2D eigenvalue weighted by Crippen LogP contribution is -2.35. The lowest BCUT2D eigenvalue weighted by Gasteiger charge is -2.34. The zero-order chi connectivity index (χ0) is 12.0. The molecule has 1 aliphatic rings. The van der Waals surface area contributed by atoms with Gasteiger partial charge in [0.15, 0.2) is 0 Å². The molecule has 0 radical (unpaired) electrons. The van der Waals surface area contributed by atoms with E-state index in [1.165, 1.54) is 19.3 Å². The zero-order valence-corrected chi connectivity index (χ0v) is 11.5. The second kappa shape index (κ2) is 7.29. The Morgan fingerprint density at radius 1 is 1.19 bits per heavy atom. The Labute approximate surface area is 101 Å². The Morgan fingerprint density at radius 2 is 1.94 bits per heavy atom. The van der Waals surface area contributed by atoms with Crippen LogP contribution in [-0.4, -0.2) is 25.3 Å². The van der Waals surface area contributed by atoms with Gasteiger partial charge in [-0.15, -0.1) is 0 Å². The first-order chi connectivity index (χ1) is 7.67. The maximum atomic E-state index is 6.20. The van der Waals surface area contributed by atoms with Crippen LogP contribution < -0.4 is 5.32 Å². The molecule has 0 saturated heterocycles. The van der Waals surface area contributed by atoms with Crippen LogP contribution in [0.1, 0.15) is 53.4 Å². The highest BCUT2D eigenvalue weighted by atomic mass is 16.5. The predicted octanol–water partition coefficient (Wildman–Crippen LogP) is 3.22. The first-order valence-corrected chi connectivity index (χ1v) is 7.03. The van der Waals surface area contributed by atoms with Crippen LogP contribution in [0.5, 0.6) is 0 Å². The van der Waals surface area contributed by atoms with Crippen molar-refractivity contribution in [3.8, 4) is 0 Å². The molecule has 0 spiro atoms. The van der Waals surface area contributed by atoms with Crippen molar-refractivity contribution in [3.05, 3.63) is 0 Å². The number of likely N-dealkylation sites (N-methyl/N-ethyl adjacent to an activating group) is 1. The highest BCUT2D eigenvalue weighted by Crippen LogP contribution is 2.31. The molecule has 2 nitrogen and oxygen atoms in total. The fraction of sp³-hybridized carbons (Fsp3) is 1.00. The predicted molar refractivity (Wildman–Crippen MR) is 69.7 cm³/mol. The minimum Gasteiger partial charge on any atom is -0.374 e. The lowest BCUT2D eigenvalue weighted by atomic mass is 9.80. The van der Waals surface area contributed by atoms with Gasteiger partial charge in [-0.05, 0) is 44.1 Å². The van der Waals surface area contributed by atoms with Gasteiger partial charge in [0.25, 0.3) is 0 Å². The minimum atomic E-state index is 0.408. The molecule has 1 fully saturated rings. The Kier molecular flexibility index (Phi) is 6.37. The average molecular weight is 227 g/mol. The average Bonchev–Trinajstić information content (AvgIpc) is 2.29. The van der Waals surface area contributed by atoms with Crippen molar-refractivity contribution in [2.45, 2.75) is 65.6 Å². The number of hydrogen-bond acceptors (Lipinski definition) is 2. The summed E-state index contributed by atoms with van der Waals surface area (Å²) in [5.74, 6) is 1.71. The van der Waals surface area contributed by atoms with E-state index >= 15 is 0 Å². The summed E-state index contributed by atoms with van der Waals surface area (Å²) in [6, 6.07) is 0. The highest BCUT2D eigenvalue weighted by Gasteiger charge is 2.26. The van der Waals surface area contributed by atoms with Gasteiger partial charge in [0.2, 0.25) is 0 Å². The van der Waals surface area contributed by atoms with Gasteiger partial charge in [0.1, 0.15) is 0 Å². The quantitative estimate of drug-likeness (QED) is 0.752. The van der Waals surface area contributed by atoms with Gasteiger partial charge in [-0.2, -0.15) is 0 Å². The van der Waals surface area contributed by atoms with Crippen LogP contribution >= 0.6 is 0 Å². The summed E-state index contributed by atoms with van der Waals surface area (Å²) in [6.45, 7) is 11.2. The van der Waals surface area contributed by atoms with Crippen LogP contribution in [0.3, 0.4) is 0 Å². The second-order valence-electron chi connectivity index (χ2n) is 5.36. The summed E-state index contributed by atoms with van der Waals surface area (Å²) in [7, 11) is 0. The van der Waals surface area contributed by atoms with E-state index in [1.54, 1.807) is 0 Å². The molecular formula is C14H29NO. The monoisotopic (exact) mass is 227 g/mol. The summed E-state index contributed by atoms with van der Waals surface area (Å²) in [6.07, 6.45) is 5.88. The van der Waals surface area contributed by atoms with Gasteiger partial charge in [0, 0.05) is 6.54 Å². The summed E-state index contributed by atoms with van der Waals surface area (Å²) >= 11 is 0. The van der Waals surface area contributed by atoms with Gasteiger partial charge in [-0.25, -0.2) is 0 Å². The SMILES string of the molecule is CCNCC(CC)OC1CCC(C)C(C)C1. The molecule has 1 saturated carbocycles. The first kappa shape index (κ1) is 14.0. The molecule has 4 atom stereocenters. The molecule has 0 aromatic rings. The normalized spacial score (nSPS) is 32.6. The third-order valence-electron chi connectivity index (χ3n) is 4.01. The fourth-order valence-electron chi connectivity index (χ4n) is 2.49. The maximum Gasteiger partial charge on any atom is 0.0700 e. The second-order valence-corrected chi connectivity index (χ2v) is 5.36. The smallest absolute Gasteiger partial charge is 0.0700 e. The van der Waals surface area contributed by atoms with Gasteiger partial charge < -0.3 is 10.1 Å². The van der Waals surface area contributed by atoms with Gasteiger partial charge in [0.05, 0.1) is 12.2 Å². The van der Waals surface area contributed by atoms with Crippen molar-refractivity contribution in [2.24, 2.45) is 11.8 Å². The maximum absolute atomic E-state index is 6.20. The van der Waals surface area contributed by atoms with E-state index in [0.717, 1.165) is 31.3 Å². The van der Waals surface area contributed by atoms with E-state index in [9.17, 15) is 0 Å². The molecule has 96 valence electrons. The lowest BCUT2D eigenvalue weighted by molar-refractivity contribution is -0.0472. The van der Waals surface area contributed by atoms with E-state index in [4.69, 9.17) is 4.74 Å². The topological polar surface area (TPSA) is 21.3 Å². The highest BCUT2D eigenvalue weighted by molar-refractivity contribution is 4.77. The van der Waals surface area contributed by atoms with Crippen LogP contribution in [0.2, 0.25) is 0 Å². The molecule has 16 heavy (non-hydrogen) atoms. The van der Waals surface area contributed by atoms with Crippen LogP contribution in [0.25, 0.3) is 0 Å². The molecule has 0 aromatic heterocycles. The molecule has 0 amide bonds.